The summed E-state index contributed by atoms with van der Waals surface area (Å²) in [6.45, 7) is -0.385. The molecule has 0 atom stereocenters. The first kappa shape index (κ1) is 9.49. The summed E-state index contributed by atoms with van der Waals surface area (Å²) in [6, 6.07) is 1.78. The lowest BCUT2D eigenvalue weighted by molar-refractivity contribution is 0.350. The lowest BCUT2D eigenvalue weighted by Gasteiger charge is -1.97. The highest BCUT2D eigenvalue weighted by molar-refractivity contribution is 5.39. The minimum atomic E-state index is -1.07. The lowest BCUT2D eigenvalue weighted by atomic mass is 10.2. The Kier molecular flexibility index (Phi) is 2.83. The number of aromatic hydroxyl groups is 1. The number of phenolic OH excluding ortho intramolecular Hbond substituents is 1. The summed E-state index contributed by atoms with van der Waals surface area (Å²) in [7, 11) is 0. The molecule has 4 heteroatoms. The van der Waals surface area contributed by atoms with Crippen LogP contribution in [0, 0.1) is 23.5 Å². The third kappa shape index (κ3) is 2.17. The Morgan fingerprint density at radius 3 is 2.23 bits per heavy atom. The van der Waals surface area contributed by atoms with Crippen LogP contribution in [0.3, 0.4) is 0 Å². The molecule has 2 N–H and O–H groups in total. The van der Waals surface area contributed by atoms with Crippen LogP contribution in [0.5, 0.6) is 5.75 Å². The van der Waals surface area contributed by atoms with Crippen molar-refractivity contribution in [2.24, 2.45) is 0 Å². The Hall–Kier alpha value is -1.60. The second-order valence-corrected chi connectivity index (χ2v) is 2.25. The van der Waals surface area contributed by atoms with Gasteiger partial charge in [0.15, 0.2) is 17.4 Å². The summed E-state index contributed by atoms with van der Waals surface area (Å²) in [6.07, 6.45) is 0. The molecule has 68 valence electrons. The molecule has 0 radical (unpaired) electrons. The normalized spacial score (nSPS) is 9.15. The van der Waals surface area contributed by atoms with Gasteiger partial charge in [0.25, 0.3) is 0 Å². The Labute approximate surface area is 73.4 Å². The van der Waals surface area contributed by atoms with Crippen molar-refractivity contribution in [1.82, 2.24) is 0 Å². The van der Waals surface area contributed by atoms with Gasteiger partial charge in [-0.15, -0.1) is 0 Å². The van der Waals surface area contributed by atoms with E-state index in [-0.39, 0.29) is 12.2 Å². The molecule has 0 aliphatic rings. The number of rotatable bonds is 0. The minimum absolute atomic E-state index is 0.0712. The SMILES string of the molecule is OCC#Cc1cc(F)c(O)c(F)c1. The summed E-state index contributed by atoms with van der Waals surface area (Å²) in [5, 5.41) is 17.0. The summed E-state index contributed by atoms with van der Waals surface area (Å²) < 4.78 is 25.3. The summed E-state index contributed by atoms with van der Waals surface area (Å²) in [4.78, 5) is 0. The number of halogens is 2. The van der Waals surface area contributed by atoms with Crippen molar-refractivity contribution in [3.8, 4) is 17.6 Å². The van der Waals surface area contributed by atoms with Crippen LogP contribution in [0.1, 0.15) is 5.56 Å². The average molecular weight is 184 g/mol. The first-order chi connectivity index (χ1) is 6.15. The second-order valence-electron chi connectivity index (χ2n) is 2.25. The standard InChI is InChI=1S/C9H6F2O2/c10-7-4-6(2-1-3-12)5-8(11)9(7)13/h4-5,12-13H,3H2. The maximum Gasteiger partial charge on any atom is 0.187 e. The molecule has 1 aromatic carbocycles. The number of hydrogen-bond donors (Lipinski definition) is 2. The molecular weight excluding hydrogens is 178 g/mol. The topological polar surface area (TPSA) is 40.5 Å². The fraction of sp³-hybridized carbons (Fsp3) is 0.111. The fourth-order valence-corrected chi connectivity index (χ4v) is 0.779. The zero-order valence-electron chi connectivity index (χ0n) is 6.51. The van der Waals surface area contributed by atoms with Crippen LogP contribution < -0.4 is 0 Å². The molecule has 0 heterocycles. The maximum absolute atomic E-state index is 12.6. The Morgan fingerprint density at radius 2 is 1.77 bits per heavy atom. The van der Waals surface area contributed by atoms with E-state index in [2.05, 4.69) is 11.8 Å². The number of benzene rings is 1. The summed E-state index contributed by atoms with van der Waals surface area (Å²) in [5.41, 5.74) is 0.0712. The van der Waals surface area contributed by atoms with Crippen molar-refractivity contribution >= 4 is 0 Å². The van der Waals surface area contributed by atoms with Crippen molar-refractivity contribution in [2.45, 2.75) is 0 Å². The van der Waals surface area contributed by atoms with Gasteiger partial charge < -0.3 is 10.2 Å². The zero-order valence-corrected chi connectivity index (χ0v) is 6.51. The molecular formula is C9H6F2O2. The van der Waals surface area contributed by atoms with Gasteiger partial charge in [-0.25, -0.2) is 8.78 Å². The summed E-state index contributed by atoms with van der Waals surface area (Å²) in [5.74, 6) is 1.39. The van der Waals surface area contributed by atoms with E-state index in [4.69, 9.17) is 10.2 Å². The van der Waals surface area contributed by atoms with E-state index in [1.54, 1.807) is 0 Å². The molecule has 13 heavy (non-hydrogen) atoms. The third-order valence-electron chi connectivity index (χ3n) is 1.33. The average Bonchev–Trinajstić information content (AvgIpc) is 2.10. The molecule has 0 amide bonds. The molecule has 0 aliphatic heterocycles. The van der Waals surface area contributed by atoms with E-state index in [1.807, 2.05) is 0 Å². The highest BCUT2D eigenvalue weighted by Crippen LogP contribution is 2.20. The second kappa shape index (κ2) is 3.87. The molecule has 0 aliphatic carbocycles. The van der Waals surface area contributed by atoms with Crippen molar-refractivity contribution in [2.75, 3.05) is 6.61 Å². The maximum atomic E-state index is 12.6. The van der Waals surface area contributed by atoms with Crippen LogP contribution >= 0.6 is 0 Å². The van der Waals surface area contributed by atoms with Gasteiger partial charge in [0.2, 0.25) is 0 Å². The monoisotopic (exact) mass is 184 g/mol. The predicted octanol–water partition coefficient (Wildman–Crippen LogP) is 1.01. The van der Waals surface area contributed by atoms with Crippen LogP contribution in [-0.2, 0) is 0 Å². The van der Waals surface area contributed by atoms with Gasteiger partial charge in [0, 0.05) is 5.56 Å². The number of hydrogen-bond acceptors (Lipinski definition) is 2. The number of aliphatic hydroxyl groups excluding tert-OH is 1. The highest BCUT2D eigenvalue weighted by Gasteiger charge is 2.07. The van der Waals surface area contributed by atoms with Gasteiger partial charge in [0.05, 0.1) is 0 Å². The Morgan fingerprint density at radius 1 is 1.23 bits per heavy atom. The van der Waals surface area contributed by atoms with E-state index in [0.717, 1.165) is 12.1 Å². The van der Waals surface area contributed by atoms with Crippen molar-refractivity contribution in [1.29, 1.82) is 0 Å². The minimum Gasteiger partial charge on any atom is -0.503 e. The first-order valence-electron chi connectivity index (χ1n) is 3.43. The molecule has 2 nitrogen and oxygen atoms in total. The number of aliphatic hydroxyl groups is 1. The van der Waals surface area contributed by atoms with E-state index in [9.17, 15) is 8.78 Å². The van der Waals surface area contributed by atoms with Gasteiger partial charge in [-0.2, -0.15) is 0 Å². The van der Waals surface area contributed by atoms with E-state index in [0.29, 0.717) is 0 Å². The zero-order chi connectivity index (χ0) is 9.84. The van der Waals surface area contributed by atoms with Gasteiger partial charge in [-0.1, -0.05) is 11.8 Å². The van der Waals surface area contributed by atoms with Crippen LogP contribution in [0.4, 0.5) is 8.78 Å². The van der Waals surface area contributed by atoms with Gasteiger partial charge in [-0.3, -0.25) is 0 Å². The summed E-state index contributed by atoms with van der Waals surface area (Å²) >= 11 is 0. The van der Waals surface area contributed by atoms with Crippen molar-refractivity contribution < 1.29 is 19.0 Å². The lowest BCUT2D eigenvalue weighted by Crippen LogP contribution is -1.86. The third-order valence-corrected chi connectivity index (χ3v) is 1.33. The van der Waals surface area contributed by atoms with Crippen molar-refractivity contribution in [3.63, 3.8) is 0 Å². The molecule has 0 spiro atoms. The van der Waals surface area contributed by atoms with Crippen LogP contribution in [0.2, 0.25) is 0 Å². The highest BCUT2D eigenvalue weighted by atomic mass is 19.1. The quantitative estimate of drug-likeness (QED) is 0.591. The molecule has 0 unspecified atom stereocenters. The predicted molar refractivity (Wildman–Crippen MR) is 42.0 cm³/mol. The molecule has 0 saturated heterocycles. The van der Waals surface area contributed by atoms with E-state index in [1.165, 1.54) is 0 Å². The van der Waals surface area contributed by atoms with Crippen molar-refractivity contribution in [3.05, 3.63) is 29.3 Å². The number of phenols is 1. The molecule has 1 aromatic rings. The first-order valence-corrected chi connectivity index (χ1v) is 3.43. The van der Waals surface area contributed by atoms with E-state index < -0.39 is 17.4 Å². The van der Waals surface area contributed by atoms with Gasteiger partial charge in [-0.05, 0) is 12.1 Å². The Balaban J connectivity index is 3.13. The van der Waals surface area contributed by atoms with Crippen LogP contribution in [0.15, 0.2) is 12.1 Å². The molecule has 0 bridgehead atoms. The molecule has 0 saturated carbocycles. The van der Waals surface area contributed by atoms with Gasteiger partial charge in [0.1, 0.15) is 6.61 Å². The largest absolute Gasteiger partial charge is 0.503 e. The smallest absolute Gasteiger partial charge is 0.187 e. The molecule has 0 fully saturated rings. The molecule has 1 rings (SSSR count). The van der Waals surface area contributed by atoms with Crippen LogP contribution in [-0.4, -0.2) is 16.8 Å². The Bertz CT molecular complexity index is 354. The molecule has 0 aromatic heterocycles. The van der Waals surface area contributed by atoms with E-state index >= 15 is 0 Å². The van der Waals surface area contributed by atoms with Crippen LogP contribution in [0.25, 0.3) is 0 Å². The fourth-order valence-electron chi connectivity index (χ4n) is 0.779. The van der Waals surface area contributed by atoms with Gasteiger partial charge >= 0.3 is 0 Å².